The number of carbonyl (C=O) groups is 1. The lowest BCUT2D eigenvalue weighted by Crippen LogP contribution is -2.21. The minimum absolute atomic E-state index is 0.125. The van der Waals surface area contributed by atoms with Crippen LogP contribution in [0, 0.1) is 10.1 Å². The quantitative estimate of drug-likeness (QED) is 0.417. The Labute approximate surface area is 161 Å². The number of benzene rings is 2. The van der Waals surface area contributed by atoms with Crippen LogP contribution in [0.3, 0.4) is 0 Å². The van der Waals surface area contributed by atoms with Crippen molar-refractivity contribution in [3.63, 3.8) is 0 Å². The van der Waals surface area contributed by atoms with E-state index in [4.69, 9.17) is 14.2 Å². The van der Waals surface area contributed by atoms with Crippen LogP contribution in [-0.4, -0.2) is 32.2 Å². The molecule has 0 fully saturated rings. The minimum Gasteiger partial charge on any atom is -0.872 e. The van der Waals surface area contributed by atoms with Gasteiger partial charge in [-0.25, -0.2) is 0 Å². The number of rotatable bonds is 8. The average Bonchev–Trinajstić information content (AvgIpc) is 2.70. The van der Waals surface area contributed by atoms with Crippen molar-refractivity contribution in [3.8, 4) is 23.0 Å². The van der Waals surface area contributed by atoms with E-state index in [-0.39, 0.29) is 17.8 Å². The van der Waals surface area contributed by atoms with Crippen LogP contribution in [0.25, 0.3) is 6.08 Å². The van der Waals surface area contributed by atoms with Crippen molar-refractivity contribution < 1.29 is 29.0 Å². The molecule has 1 amide bonds. The summed E-state index contributed by atoms with van der Waals surface area (Å²) in [6.07, 6.45) is 2.77. The molecule has 9 heteroatoms. The maximum Gasteiger partial charge on any atom is 0.269 e. The van der Waals surface area contributed by atoms with E-state index in [1.54, 1.807) is 12.1 Å². The fourth-order valence-corrected chi connectivity index (χ4v) is 2.41. The maximum absolute atomic E-state index is 12.1. The van der Waals surface area contributed by atoms with Crippen molar-refractivity contribution in [1.82, 2.24) is 5.32 Å². The van der Waals surface area contributed by atoms with E-state index in [1.165, 1.54) is 33.5 Å². The number of nitrogens with zero attached hydrogens (tertiary/aromatic N) is 1. The van der Waals surface area contributed by atoms with Crippen LogP contribution in [0.15, 0.2) is 36.4 Å². The Morgan fingerprint density at radius 3 is 2.32 bits per heavy atom. The van der Waals surface area contributed by atoms with Gasteiger partial charge in [0, 0.05) is 36.4 Å². The number of hydrogen-bond acceptors (Lipinski definition) is 7. The van der Waals surface area contributed by atoms with Gasteiger partial charge in [-0.05, 0) is 17.7 Å². The summed E-state index contributed by atoms with van der Waals surface area (Å²) >= 11 is 0. The van der Waals surface area contributed by atoms with Gasteiger partial charge in [0.05, 0.1) is 26.3 Å². The Morgan fingerprint density at radius 2 is 1.71 bits per heavy atom. The summed E-state index contributed by atoms with van der Waals surface area (Å²) in [6.45, 7) is -0.132. The molecule has 9 nitrogen and oxygen atoms in total. The maximum atomic E-state index is 12.1. The zero-order valence-corrected chi connectivity index (χ0v) is 15.6. The predicted molar refractivity (Wildman–Crippen MR) is 99.5 cm³/mol. The molecule has 2 aromatic rings. The molecule has 0 bridgehead atoms. The Bertz CT molecular complexity index is 909. The number of ether oxygens (including phenoxy) is 3. The SMILES string of the molecule is COc1cc(OC)c(OC)cc1/C=C/C(=O)NCc1cc([N+](=O)[O-])ccc1[O-]. The molecule has 148 valence electrons. The van der Waals surface area contributed by atoms with E-state index < -0.39 is 16.6 Å². The summed E-state index contributed by atoms with van der Waals surface area (Å²) in [5.74, 6) is 0.548. The van der Waals surface area contributed by atoms with Crippen LogP contribution >= 0.6 is 0 Å². The summed E-state index contributed by atoms with van der Waals surface area (Å²) in [6, 6.07) is 6.64. The Kier molecular flexibility index (Phi) is 6.80. The number of methoxy groups -OCH3 is 3. The van der Waals surface area contributed by atoms with Gasteiger partial charge >= 0.3 is 0 Å². The van der Waals surface area contributed by atoms with E-state index >= 15 is 0 Å². The zero-order chi connectivity index (χ0) is 20.7. The molecular weight excluding hydrogens is 368 g/mol. The van der Waals surface area contributed by atoms with Crippen molar-refractivity contribution in [2.24, 2.45) is 0 Å². The minimum atomic E-state index is -0.603. The predicted octanol–water partition coefficient (Wildman–Crippen LogP) is 2.02. The number of amides is 1. The molecule has 0 aliphatic rings. The molecule has 2 rings (SSSR count). The smallest absolute Gasteiger partial charge is 0.269 e. The van der Waals surface area contributed by atoms with Crippen LogP contribution < -0.4 is 24.6 Å². The number of hydrogen-bond donors (Lipinski definition) is 1. The third-order valence-corrected chi connectivity index (χ3v) is 3.86. The van der Waals surface area contributed by atoms with Crippen molar-refractivity contribution in [2.45, 2.75) is 6.54 Å². The molecular formula is C19H19N2O7-. The normalized spacial score (nSPS) is 10.5. The number of nitro groups is 1. The van der Waals surface area contributed by atoms with Crippen LogP contribution in [0.5, 0.6) is 23.0 Å². The molecule has 1 N–H and O–H groups in total. The van der Waals surface area contributed by atoms with Gasteiger partial charge in [-0.15, -0.1) is 5.75 Å². The number of nitro benzene ring substituents is 1. The van der Waals surface area contributed by atoms with Gasteiger partial charge in [-0.1, -0.05) is 6.07 Å². The van der Waals surface area contributed by atoms with E-state index in [0.29, 0.717) is 22.8 Å². The van der Waals surface area contributed by atoms with Gasteiger partial charge in [0.2, 0.25) is 5.91 Å². The first kappa shape index (κ1) is 20.6. The first-order valence-electron chi connectivity index (χ1n) is 8.09. The van der Waals surface area contributed by atoms with Crippen LogP contribution in [0.2, 0.25) is 0 Å². The Morgan fingerprint density at radius 1 is 1.07 bits per heavy atom. The van der Waals surface area contributed by atoms with Gasteiger partial charge in [-0.2, -0.15) is 0 Å². The van der Waals surface area contributed by atoms with Gasteiger partial charge in [0.25, 0.3) is 5.69 Å². The highest BCUT2D eigenvalue weighted by atomic mass is 16.6. The van der Waals surface area contributed by atoms with Gasteiger partial charge < -0.3 is 24.6 Å². The summed E-state index contributed by atoms with van der Waals surface area (Å²) in [7, 11) is 4.47. The lowest BCUT2D eigenvalue weighted by atomic mass is 10.1. The van der Waals surface area contributed by atoms with Gasteiger partial charge in [-0.3, -0.25) is 14.9 Å². The van der Waals surface area contributed by atoms with Gasteiger partial charge in [0.1, 0.15) is 5.75 Å². The molecule has 0 radical (unpaired) electrons. The molecule has 0 saturated heterocycles. The topological polar surface area (TPSA) is 123 Å². The number of nitrogens with one attached hydrogen (secondary N) is 1. The fourth-order valence-electron chi connectivity index (χ4n) is 2.41. The van der Waals surface area contributed by atoms with E-state index in [1.807, 2.05) is 0 Å². The van der Waals surface area contributed by atoms with Gasteiger partial charge in [0.15, 0.2) is 11.5 Å². The lowest BCUT2D eigenvalue weighted by molar-refractivity contribution is -0.385. The van der Waals surface area contributed by atoms with Crippen molar-refractivity contribution in [3.05, 3.63) is 57.6 Å². The van der Waals surface area contributed by atoms with E-state index in [0.717, 1.165) is 18.2 Å². The Balaban J connectivity index is 2.12. The van der Waals surface area contributed by atoms with Crippen LogP contribution in [-0.2, 0) is 11.3 Å². The third kappa shape index (κ3) is 4.91. The molecule has 28 heavy (non-hydrogen) atoms. The molecule has 0 atom stereocenters. The molecule has 0 aromatic heterocycles. The summed E-state index contributed by atoms with van der Waals surface area (Å²) in [4.78, 5) is 22.3. The highest BCUT2D eigenvalue weighted by Crippen LogP contribution is 2.35. The second-order valence-electron chi connectivity index (χ2n) is 5.55. The number of carbonyl (C=O) groups excluding carboxylic acids is 1. The Hall–Kier alpha value is -3.75. The molecule has 0 heterocycles. The highest BCUT2D eigenvalue weighted by molar-refractivity contribution is 5.92. The summed E-state index contributed by atoms with van der Waals surface area (Å²) in [5, 5.41) is 25.1. The average molecular weight is 387 g/mol. The number of non-ortho nitro benzene ring substituents is 1. The van der Waals surface area contributed by atoms with Crippen molar-refractivity contribution >= 4 is 17.7 Å². The largest absolute Gasteiger partial charge is 0.872 e. The van der Waals surface area contributed by atoms with Crippen LogP contribution in [0.4, 0.5) is 5.69 Å². The zero-order valence-electron chi connectivity index (χ0n) is 15.6. The van der Waals surface area contributed by atoms with E-state index in [2.05, 4.69) is 5.32 Å². The fraction of sp³-hybridized carbons (Fsp3) is 0.211. The molecule has 2 aromatic carbocycles. The first-order chi connectivity index (χ1) is 13.4. The molecule has 0 aliphatic heterocycles. The molecule has 0 unspecified atom stereocenters. The van der Waals surface area contributed by atoms with Crippen LogP contribution in [0.1, 0.15) is 11.1 Å². The second kappa shape index (κ2) is 9.26. The monoisotopic (exact) mass is 387 g/mol. The summed E-state index contributed by atoms with van der Waals surface area (Å²) in [5.41, 5.74) is 0.490. The summed E-state index contributed by atoms with van der Waals surface area (Å²) < 4.78 is 15.7. The third-order valence-electron chi connectivity index (χ3n) is 3.86. The first-order valence-corrected chi connectivity index (χ1v) is 8.09. The highest BCUT2D eigenvalue weighted by Gasteiger charge is 2.11. The molecule has 0 saturated carbocycles. The second-order valence-corrected chi connectivity index (χ2v) is 5.55. The van der Waals surface area contributed by atoms with E-state index in [9.17, 15) is 20.0 Å². The molecule has 0 aliphatic carbocycles. The molecule has 0 spiro atoms. The van der Waals surface area contributed by atoms with Crippen molar-refractivity contribution in [1.29, 1.82) is 0 Å². The lowest BCUT2D eigenvalue weighted by Gasteiger charge is -2.13. The standard InChI is InChI=1S/C19H20N2O7/c1-26-16-10-18(28-3)17(27-2)9-12(16)4-7-19(23)20-11-13-8-14(21(24)25)5-6-15(13)22/h4-10,22H,11H2,1-3H3,(H,20,23)/p-1/b7-4+. The van der Waals surface area contributed by atoms with Crippen molar-refractivity contribution in [2.75, 3.05) is 21.3 Å².